The highest BCUT2D eigenvalue weighted by Crippen LogP contribution is 2.29. The lowest BCUT2D eigenvalue weighted by molar-refractivity contribution is -0.385. The average molecular weight is 254 g/mol. The van der Waals surface area contributed by atoms with Gasteiger partial charge in [-0.3, -0.25) is 25.0 Å². The Balaban J connectivity index is 2.83. The first kappa shape index (κ1) is 13.6. The maximum atomic E-state index is 11.6. The molecule has 0 aliphatic carbocycles. The van der Waals surface area contributed by atoms with Crippen molar-refractivity contribution >= 4 is 17.4 Å². The number of carboxylic acids is 1. The fourth-order valence-corrected chi connectivity index (χ4v) is 1.28. The Morgan fingerprint density at radius 2 is 2.00 bits per heavy atom. The van der Waals surface area contributed by atoms with Crippen LogP contribution in [0, 0.1) is 10.1 Å². The number of Topliss-reactive ketones (excluding diaryl/α,β-unsaturated/α-hetero) is 1. The van der Waals surface area contributed by atoms with E-state index in [9.17, 15) is 24.8 Å². The molecule has 1 rings (SSSR count). The van der Waals surface area contributed by atoms with E-state index in [0.717, 1.165) is 6.07 Å². The molecule has 0 aliphatic rings. The Morgan fingerprint density at radius 3 is 2.56 bits per heavy atom. The van der Waals surface area contributed by atoms with Crippen LogP contribution in [0.5, 0.6) is 5.75 Å². The number of carbonyl (C=O) groups is 2. The second-order valence-corrected chi connectivity index (χ2v) is 3.35. The molecule has 0 saturated heterocycles. The molecule has 0 amide bonds. The molecular weight excluding hydrogens is 244 g/mol. The van der Waals surface area contributed by atoms with Crippen LogP contribution in [-0.2, 0) is 4.79 Å². The number of para-hydroxylation sites is 1. The summed E-state index contributed by atoms with van der Waals surface area (Å²) < 4.78 is 0. The van der Waals surface area contributed by atoms with E-state index in [4.69, 9.17) is 5.11 Å². The maximum absolute atomic E-state index is 11.6. The standard InChI is InChI=1S/C10H10N2O6/c13-8(4-11-5-9(14)15)6-2-1-3-7(10(6)16)12(17)18/h1-3,11,16H,4-5H2,(H,14,15). The largest absolute Gasteiger partial charge is 0.502 e. The quantitative estimate of drug-likeness (QED) is 0.374. The van der Waals surface area contributed by atoms with Gasteiger partial charge in [0.15, 0.2) is 5.78 Å². The number of nitro benzene ring substituents is 1. The van der Waals surface area contributed by atoms with E-state index < -0.39 is 34.7 Å². The number of phenols is 1. The molecule has 1 aromatic rings. The fraction of sp³-hybridized carbons (Fsp3) is 0.200. The zero-order chi connectivity index (χ0) is 13.7. The first-order chi connectivity index (χ1) is 8.43. The molecule has 8 heteroatoms. The number of nitrogens with one attached hydrogen (secondary N) is 1. The van der Waals surface area contributed by atoms with Gasteiger partial charge >= 0.3 is 11.7 Å². The third kappa shape index (κ3) is 3.25. The van der Waals surface area contributed by atoms with E-state index >= 15 is 0 Å². The minimum Gasteiger partial charge on any atom is -0.502 e. The Bertz CT molecular complexity index is 499. The zero-order valence-corrected chi connectivity index (χ0v) is 9.12. The van der Waals surface area contributed by atoms with E-state index in [1.807, 2.05) is 0 Å². The summed E-state index contributed by atoms with van der Waals surface area (Å²) in [7, 11) is 0. The van der Waals surface area contributed by atoms with Crippen LogP contribution in [0.25, 0.3) is 0 Å². The van der Waals surface area contributed by atoms with Crippen molar-refractivity contribution < 1.29 is 24.7 Å². The van der Waals surface area contributed by atoms with Gasteiger partial charge in [-0.1, -0.05) is 6.07 Å². The second kappa shape index (κ2) is 5.73. The van der Waals surface area contributed by atoms with E-state index in [-0.39, 0.29) is 12.1 Å². The molecule has 0 bridgehead atoms. The molecule has 8 nitrogen and oxygen atoms in total. The molecule has 96 valence electrons. The Kier molecular flexibility index (Phi) is 4.33. The fourth-order valence-electron chi connectivity index (χ4n) is 1.28. The normalized spacial score (nSPS) is 10.0. The summed E-state index contributed by atoms with van der Waals surface area (Å²) in [5.41, 5.74) is -0.791. The molecule has 0 aromatic heterocycles. The lowest BCUT2D eigenvalue weighted by atomic mass is 10.1. The molecule has 0 heterocycles. The van der Waals surface area contributed by atoms with Crippen LogP contribution >= 0.6 is 0 Å². The monoisotopic (exact) mass is 254 g/mol. The lowest BCUT2D eigenvalue weighted by Gasteiger charge is -2.04. The van der Waals surface area contributed by atoms with Gasteiger partial charge < -0.3 is 10.2 Å². The van der Waals surface area contributed by atoms with E-state index in [1.54, 1.807) is 0 Å². The van der Waals surface area contributed by atoms with Gasteiger partial charge in [0, 0.05) is 6.07 Å². The van der Waals surface area contributed by atoms with Gasteiger partial charge in [-0.15, -0.1) is 0 Å². The van der Waals surface area contributed by atoms with Gasteiger partial charge in [0.1, 0.15) is 0 Å². The number of nitro groups is 1. The SMILES string of the molecule is O=C(O)CNCC(=O)c1cccc([N+](=O)[O-])c1O. The van der Waals surface area contributed by atoms with Crippen molar-refractivity contribution in [2.45, 2.75) is 0 Å². The van der Waals surface area contributed by atoms with Crippen LogP contribution in [0.1, 0.15) is 10.4 Å². The van der Waals surface area contributed by atoms with E-state index in [2.05, 4.69) is 5.32 Å². The number of aromatic hydroxyl groups is 1. The molecule has 3 N–H and O–H groups in total. The van der Waals surface area contributed by atoms with Gasteiger partial charge in [0.25, 0.3) is 0 Å². The molecule has 1 aromatic carbocycles. The number of hydrogen-bond donors (Lipinski definition) is 3. The highest BCUT2D eigenvalue weighted by atomic mass is 16.6. The predicted octanol–water partition coefficient (Wildman–Crippen LogP) is 0.157. The molecule has 0 radical (unpaired) electrons. The van der Waals surface area contributed by atoms with Crippen molar-refractivity contribution in [2.75, 3.05) is 13.1 Å². The van der Waals surface area contributed by atoms with Crippen molar-refractivity contribution in [1.82, 2.24) is 5.32 Å². The average Bonchev–Trinajstić information content (AvgIpc) is 2.28. The second-order valence-electron chi connectivity index (χ2n) is 3.35. The molecule has 0 unspecified atom stereocenters. The molecule has 0 spiro atoms. The van der Waals surface area contributed by atoms with E-state index in [0.29, 0.717) is 0 Å². The number of hydrogen-bond acceptors (Lipinski definition) is 6. The van der Waals surface area contributed by atoms with Crippen molar-refractivity contribution in [1.29, 1.82) is 0 Å². The van der Waals surface area contributed by atoms with Crippen molar-refractivity contribution in [3.8, 4) is 5.75 Å². The summed E-state index contributed by atoms with van der Waals surface area (Å²) in [6, 6.07) is 3.56. The Hall–Kier alpha value is -2.48. The van der Waals surface area contributed by atoms with Crippen molar-refractivity contribution in [3.05, 3.63) is 33.9 Å². The first-order valence-corrected chi connectivity index (χ1v) is 4.85. The van der Waals surface area contributed by atoms with Gasteiger partial charge in [-0.25, -0.2) is 0 Å². The summed E-state index contributed by atoms with van der Waals surface area (Å²) >= 11 is 0. The third-order valence-electron chi connectivity index (χ3n) is 2.07. The van der Waals surface area contributed by atoms with Gasteiger partial charge in [0.2, 0.25) is 5.75 Å². The number of aliphatic carboxylic acids is 1. The molecule has 0 aliphatic heterocycles. The number of nitrogens with zero attached hydrogens (tertiary/aromatic N) is 1. The van der Waals surface area contributed by atoms with Crippen molar-refractivity contribution in [3.63, 3.8) is 0 Å². The Labute approximate surface area is 101 Å². The maximum Gasteiger partial charge on any atom is 0.317 e. The molecular formula is C10H10N2O6. The van der Waals surface area contributed by atoms with Crippen LogP contribution in [0.15, 0.2) is 18.2 Å². The summed E-state index contributed by atoms with van der Waals surface area (Å²) in [6.07, 6.45) is 0. The molecule has 0 atom stereocenters. The van der Waals surface area contributed by atoms with Crippen LogP contribution in [0.3, 0.4) is 0 Å². The zero-order valence-electron chi connectivity index (χ0n) is 9.12. The van der Waals surface area contributed by atoms with Gasteiger partial charge in [-0.2, -0.15) is 0 Å². The number of ketones is 1. The summed E-state index contributed by atoms with van der Waals surface area (Å²) in [5.74, 6) is -2.48. The summed E-state index contributed by atoms with van der Waals surface area (Å²) in [6.45, 7) is -0.748. The third-order valence-corrected chi connectivity index (χ3v) is 2.07. The number of rotatable bonds is 6. The molecule has 0 saturated carbocycles. The number of phenolic OH excluding ortho intramolecular Hbond substituents is 1. The lowest BCUT2D eigenvalue weighted by Crippen LogP contribution is -2.28. The number of carbonyl (C=O) groups excluding carboxylic acids is 1. The minimum absolute atomic E-state index is 0.220. The highest BCUT2D eigenvalue weighted by molar-refractivity contribution is 6.01. The van der Waals surface area contributed by atoms with Crippen LogP contribution in [-0.4, -0.2) is 40.0 Å². The number of carboxylic acid groups (broad SMARTS) is 1. The summed E-state index contributed by atoms with van der Waals surface area (Å²) in [5, 5.41) is 30.8. The summed E-state index contributed by atoms with van der Waals surface area (Å²) in [4.78, 5) is 31.5. The van der Waals surface area contributed by atoms with Gasteiger partial charge in [0.05, 0.1) is 23.6 Å². The van der Waals surface area contributed by atoms with Crippen LogP contribution in [0.4, 0.5) is 5.69 Å². The first-order valence-electron chi connectivity index (χ1n) is 4.85. The smallest absolute Gasteiger partial charge is 0.317 e. The van der Waals surface area contributed by atoms with Crippen molar-refractivity contribution in [2.24, 2.45) is 0 Å². The molecule has 0 fully saturated rings. The van der Waals surface area contributed by atoms with Gasteiger partial charge in [-0.05, 0) is 6.07 Å². The van der Waals surface area contributed by atoms with Crippen LogP contribution < -0.4 is 5.32 Å². The topological polar surface area (TPSA) is 130 Å². The van der Waals surface area contributed by atoms with Crippen LogP contribution in [0.2, 0.25) is 0 Å². The minimum atomic E-state index is -1.13. The predicted molar refractivity (Wildman–Crippen MR) is 59.6 cm³/mol. The van der Waals surface area contributed by atoms with E-state index in [1.165, 1.54) is 12.1 Å². The highest BCUT2D eigenvalue weighted by Gasteiger charge is 2.20. The molecule has 18 heavy (non-hydrogen) atoms. The Morgan fingerprint density at radius 1 is 1.33 bits per heavy atom. The number of benzene rings is 1.